The van der Waals surface area contributed by atoms with Crippen LogP contribution in [0.1, 0.15) is 16.1 Å². The fraction of sp³-hybridized carbons (Fsp3) is 0.0833. The number of rotatable bonds is 2. The van der Waals surface area contributed by atoms with E-state index in [-0.39, 0.29) is 5.56 Å². The molecule has 2 rings (SSSR count). The summed E-state index contributed by atoms with van der Waals surface area (Å²) in [5.41, 5.74) is -1.62. The highest BCUT2D eigenvalue weighted by molar-refractivity contribution is 5.88. The van der Waals surface area contributed by atoms with Crippen LogP contribution in [0.15, 0.2) is 36.8 Å². The number of carboxylic acid groups (broad SMARTS) is 1. The predicted molar refractivity (Wildman–Crippen MR) is 59.4 cm³/mol. The second-order valence-corrected chi connectivity index (χ2v) is 3.66. The summed E-state index contributed by atoms with van der Waals surface area (Å²) in [6.07, 6.45) is -0.834. The summed E-state index contributed by atoms with van der Waals surface area (Å²) in [5, 5.41) is 8.72. The Labute approximate surface area is 105 Å². The highest BCUT2D eigenvalue weighted by Crippen LogP contribution is 2.33. The summed E-state index contributed by atoms with van der Waals surface area (Å²) in [4.78, 5) is 17.9. The Morgan fingerprint density at radius 2 is 1.79 bits per heavy atom. The van der Waals surface area contributed by atoms with Gasteiger partial charge in [0.2, 0.25) is 0 Å². The molecule has 2 aromatic heterocycles. The van der Waals surface area contributed by atoms with E-state index in [1.807, 2.05) is 0 Å². The standard InChI is InChI=1S/C12H7F3N2O2/c13-12(14,15)9-5-8(6-17-10(9)11(18)19)7-1-3-16-4-2-7/h1-6H,(H,18,19). The summed E-state index contributed by atoms with van der Waals surface area (Å²) >= 11 is 0. The van der Waals surface area contributed by atoms with Gasteiger partial charge in [-0.15, -0.1) is 0 Å². The molecule has 4 nitrogen and oxygen atoms in total. The minimum Gasteiger partial charge on any atom is -0.476 e. The van der Waals surface area contributed by atoms with Crippen LogP contribution in [0.25, 0.3) is 11.1 Å². The van der Waals surface area contributed by atoms with Gasteiger partial charge < -0.3 is 5.11 Å². The molecule has 0 saturated carbocycles. The van der Waals surface area contributed by atoms with Crippen LogP contribution in [0.2, 0.25) is 0 Å². The Bertz CT molecular complexity index is 612. The van der Waals surface area contributed by atoms with Crippen molar-refractivity contribution in [2.24, 2.45) is 0 Å². The molecule has 0 amide bonds. The normalized spacial score (nSPS) is 11.3. The SMILES string of the molecule is O=C(O)c1ncc(-c2ccncc2)cc1C(F)(F)F. The van der Waals surface area contributed by atoms with Gasteiger partial charge in [0.25, 0.3) is 0 Å². The van der Waals surface area contributed by atoms with Crippen molar-refractivity contribution in [2.45, 2.75) is 6.18 Å². The fourth-order valence-electron chi connectivity index (χ4n) is 1.55. The number of carboxylic acids is 1. The molecule has 0 radical (unpaired) electrons. The van der Waals surface area contributed by atoms with E-state index in [0.29, 0.717) is 5.56 Å². The summed E-state index contributed by atoms with van der Waals surface area (Å²) in [5.74, 6) is -1.71. The molecular weight excluding hydrogens is 261 g/mol. The minimum absolute atomic E-state index is 0.180. The number of aromatic carboxylic acids is 1. The summed E-state index contributed by atoms with van der Waals surface area (Å²) in [6, 6.07) is 3.79. The Hall–Kier alpha value is -2.44. The molecule has 0 bridgehead atoms. The molecule has 0 aliphatic heterocycles. The summed E-state index contributed by atoms with van der Waals surface area (Å²) < 4.78 is 38.4. The lowest BCUT2D eigenvalue weighted by molar-refractivity contribution is -0.138. The number of nitrogens with zero attached hydrogens (tertiary/aromatic N) is 2. The Balaban J connectivity index is 2.60. The molecule has 0 aliphatic rings. The highest BCUT2D eigenvalue weighted by Gasteiger charge is 2.36. The Morgan fingerprint density at radius 1 is 1.16 bits per heavy atom. The summed E-state index contributed by atoms with van der Waals surface area (Å²) in [6.45, 7) is 0. The van der Waals surface area contributed by atoms with E-state index in [1.54, 1.807) is 0 Å². The molecular formula is C12H7F3N2O2. The van der Waals surface area contributed by atoms with Crippen molar-refractivity contribution in [3.05, 3.63) is 48.0 Å². The van der Waals surface area contributed by atoms with Gasteiger partial charge in [0.05, 0.1) is 5.56 Å². The second-order valence-electron chi connectivity index (χ2n) is 3.66. The maximum Gasteiger partial charge on any atom is 0.418 e. The number of hydrogen-bond donors (Lipinski definition) is 1. The van der Waals surface area contributed by atoms with Gasteiger partial charge in [0.1, 0.15) is 0 Å². The quantitative estimate of drug-likeness (QED) is 0.909. The maximum absolute atomic E-state index is 12.8. The summed E-state index contributed by atoms with van der Waals surface area (Å²) in [7, 11) is 0. The van der Waals surface area contributed by atoms with Gasteiger partial charge in [0, 0.05) is 24.2 Å². The number of alkyl halides is 3. The number of aromatic nitrogens is 2. The van der Waals surface area contributed by atoms with E-state index in [0.717, 1.165) is 12.3 Å². The largest absolute Gasteiger partial charge is 0.476 e. The zero-order valence-corrected chi connectivity index (χ0v) is 9.35. The van der Waals surface area contributed by atoms with Crippen LogP contribution in [0.5, 0.6) is 0 Å². The van der Waals surface area contributed by atoms with Gasteiger partial charge in [-0.3, -0.25) is 4.98 Å². The van der Waals surface area contributed by atoms with E-state index in [2.05, 4.69) is 9.97 Å². The smallest absolute Gasteiger partial charge is 0.418 e. The third-order valence-corrected chi connectivity index (χ3v) is 2.41. The zero-order valence-electron chi connectivity index (χ0n) is 9.35. The molecule has 2 heterocycles. The molecule has 0 aliphatic carbocycles. The predicted octanol–water partition coefficient (Wildman–Crippen LogP) is 2.86. The van der Waals surface area contributed by atoms with Crippen molar-refractivity contribution in [1.29, 1.82) is 0 Å². The minimum atomic E-state index is -4.77. The molecule has 0 atom stereocenters. The van der Waals surface area contributed by atoms with E-state index in [9.17, 15) is 18.0 Å². The van der Waals surface area contributed by atoms with Crippen LogP contribution in [-0.2, 0) is 6.18 Å². The van der Waals surface area contributed by atoms with Gasteiger partial charge in [0.15, 0.2) is 5.69 Å². The zero-order chi connectivity index (χ0) is 14.0. The van der Waals surface area contributed by atoms with E-state index in [1.165, 1.54) is 24.5 Å². The molecule has 0 fully saturated rings. The van der Waals surface area contributed by atoms with E-state index in [4.69, 9.17) is 5.11 Å². The lowest BCUT2D eigenvalue weighted by Gasteiger charge is -2.11. The molecule has 2 aromatic rings. The number of hydrogen-bond acceptors (Lipinski definition) is 3. The van der Waals surface area contributed by atoms with Crippen molar-refractivity contribution in [3.8, 4) is 11.1 Å². The van der Waals surface area contributed by atoms with Crippen molar-refractivity contribution in [2.75, 3.05) is 0 Å². The first-order chi connectivity index (χ1) is 8.89. The fourth-order valence-corrected chi connectivity index (χ4v) is 1.55. The number of halogens is 3. The maximum atomic E-state index is 12.8. The number of carbonyl (C=O) groups is 1. The molecule has 1 N–H and O–H groups in total. The van der Waals surface area contributed by atoms with Crippen LogP contribution in [0, 0.1) is 0 Å². The van der Waals surface area contributed by atoms with Crippen LogP contribution in [0.4, 0.5) is 13.2 Å². The van der Waals surface area contributed by atoms with Crippen molar-refractivity contribution in [3.63, 3.8) is 0 Å². The van der Waals surface area contributed by atoms with Crippen molar-refractivity contribution >= 4 is 5.97 Å². The molecule has 7 heteroatoms. The third-order valence-electron chi connectivity index (χ3n) is 2.41. The van der Waals surface area contributed by atoms with Crippen molar-refractivity contribution < 1.29 is 23.1 Å². The van der Waals surface area contributed by atoms with E-state index < -0.39 is 23.4 Å². The Kier molecular flexibility index (Phi) is 3.20. The van der Waals surface area contributed by atoms with Gasteiger partial charge >= 0.3 is 12.1 Å². The molecule has 0 aromatic carbocycles. The molecule has 98 valence electrons. The molecule has 0 spiro atoms. The molecule has 19 heavy (non-hydrogen) atoms. The van der Waals surface area contributed by atoms with Crippen molar-refractivity contribution in [1.82, 2.24) is 9.97 Å². The van der Waals surface area contributed by atoms with Gasteiger partial charge in [-0.25, -0.2) is 9.78 Å². The van der Waals surface area contributed by atoms with Crippen LogP contribution >= 0.6 is 0 Å². The monoisotopic (exact) mass is 268 g/mol. The van der Waals surface area contributed by atoms with Crippen LogP contribution < -0.4 is 0 Å². The van der Waals surface area contributed by atoms with Gasteiger partial charge in [-0.05, 0) is 23.8 Å². The Morgan fingerprint density at radius 3 is 2.32 bits per heavy atom. The third kappa shape index (κ3) is 2.70. The van der Waals surface area contributed by atoms with Gasteiger partial charge in [-0.2, -0.15) is 13.2 Å². The topological polar surface area (TPSA) is 63.1 Å². The first kappa shape index (κ1) is 13.0. The molecule has 0 saturated heterocycles. The number of pyridine rings is 2. The molecule has 0 unspecified atom stereocenters. The van der Waals surface area contributed by atoms with E-state index >= 15 is 0 Å². The average Bonchev–Trinajstić information content (AvgIpc) is 2.38. The lowest BCUT2D eigenvalue weighted by atomic mass is 10.0. The van der Waals surface area contributed by atoms with Crippen LogP contribution in [0.3, 0.4) is 0 Å². The van der Waals surface area contributed by atoms with Crippen LogP contribution in [-0.4, -0.2) is 21.0 Å². The first-order valence-electron chi connectivity index (χ1n) is 5.10. The second kappa shape index (κ2) is 4.68. The lowest BCUT2D eigenvalue weighted by Crippen LogP contribution is -2.14. The highest BCUT2D eigenvalue weighted by atomic mass is 19.4. The average molecular weight is 268 g/mol. The van der Waals surface area contributed by atoms with Gasteiger partial charge in [-0.1, -0.05) is 0 Å². The first-order valence-corrected chi connectivity index (χ1v) is 5.10.